The number of carbonyl (C=O) groups is 2. The Morgan fingerprint density at radius 3 is 2.63 bits per heavy atom. The Morgan fingerprint density at radius 1 is 1.08 bits per heavy atom. The zero-order chi connectivity index (χ0) is 26.6. The predicted molar refractivity (Wildman–Crippen MR) is 156 cm³/mol. The zero-order valence-electron chi connectivity index (χ0n) is 20.0. The number of esters is 1. The van der Waals surface area contributed by atoms with E-state index in [1.165, 1.54) is 11.8 Å². The fraction of sp³-hybridized carbons (Fsp3) is 0.0690. The highest BCUT2D eigenvalue weighted by atomic mass is 79.9. The molecule has 1 heterocycles. The standard InChI is InChI=1S/C29H20BrClN2O4S/c1-2-36-24-15-17(16-25-27(34)33-29(38-25)32-20-12-10-19(31)11-13-20)14-23(30)26(24)37-28(35)22-9-5-7-18-6-3-4-8-21(18)22/h3-16H,2H2,1H3,(H,32,33,34)/b25-16-. The molecule has 4 aromatic rings. The van der Waals surface area contributed by atoms with Gasteiger partial charge in [-0.25, -0.2) is 9.79 Å². The summed E-state index contributed by atoms with van der Waals surface area (Å²) in [6, 6.07) is 23.6. The number of amides is 1. The van der Waals surface area contributed by atoms with Gasteiger partial charge in [0.2, 0.25) is 0 Å². The van der Waals surface area contributed by atoms with E-state index < -0.39 is 5.97 Å². The van der Waals surface area contributed by atoms with E-state index >= 15 is 0 Å². The lowest BCUT2D eigenvalue weighted by molar-refractivity contribution is -0.115. The Bertz CT molecular complexity index is 1610. The Balaban J connectivity index is 1.42. The second-order valence-electron chi connectivity index (χ2n) is 8.14. The smallest absolute Gasteiger partial charge is 0.344 e. The fourth-order valence-corrected chi connectivity index (χ4v) is 5.36. The van der Waals surface area contributed by atoms with Crippen LogP contribution in [0.2, 0.25) is 5.02 Å². The zero-order valence-corrected chi connectivity index (χ0v) is 23.2. The Labute approximate surface area is 236 Å². The molecular weight excluding hydrogens is 588 g/mol. The summed E-state index contributed by atoms with van der Waals surface area (Å²) in [6.45, 7) is 2.20. The Kier molecular flexibility index (Phi) is 7.83. The monoisotopic (exact) mass is 606 g/mol. The number of aliphatic imine (C=N–C) groups is 1. The van der Waals surface area contributed by atoms with Crippen molar-refractivity contribution in [1.82, 2.24) is 5.32 Å². The van der Waals surface area contributed by atoms with Crippen molar-refractivity contribution in [2.75, 3.05) is 6.61 Å². The van der Waals surface area contributed by atoms with E-state index in [0.29, 0.717) is 48.7 Å². The number of halogens is 2. The summed E-state index contributed by atoms with van der Waals surface area (Å²) in [5.74, 6) is -0.118. The van der Waals surface area contributed by atoms with Crippen LogP contribution in [-0.4, -0.2) is 23.7 Å². The molecule has 1 aliphatic heterocycles. The number of nitrogens with one attached hydrogen (secondary N) is 1. The van der Waals surface area contributed by atoms with Gasteiger partial charge in [-0.15, -0.1) is 0 Å². The highest BCUT2D eigenvalue weighted by molar-refractivity contribution is 9.10. The minimum atomic E-state index is -0.497. The van der Waals surface area contributed by atoms with Crippen LogP contribution in [0, 0.1) is 0 Å². The first-order valence-electron chi connectivity index (χ1n) is 11.6. The molecule has 9 heteroatoms. The average Bonchev–Trinajstić information content (AvgIpc) is 3.25. The summed E-state index contributed by atoms with van der Waals surface area (Å²) in [7, 11) is 0. The third-order valence-electron chi connectivity index (χ3n) is 5.54. The Morgan fingerprint density at radius 2 is 1.84 bits per heavy atom. The number of ether oxygens (including phenoxy) is 2. The van der Waals surface area contributed by atoms with E-state index in [2.05, 4.69) is 26.2 Å². The number of amidine groups is 1. The Hall–Kier alpha value is -3.59. The first kappa shape index (κ1) is 26.0. The molecule has 1 fully saturated rings. The van der Waals surface area contributed by atoms with Gasteiger partial charge >= 0.3 is 5.97 Å². The number of benzene rings is 4. The number of thioether (sulfide) groups is 1. The lowest BCUT2D eigenvalue weighted by atomic mass is 10.0. The maximum Gasteiger partial charge on any atom is 0.344 e. The van der Waals surface area contributed by atoms with Gasteiger partial charge in [0.1, 0.15) is 0 Å². The van der Waals surface area contributed by atoms with Crippen LogP contribution in [0.3, 0.4) is 0 Å². The van der Waals surface area contributed by atoms with Crippen LogP contribution in [-0.2, 0) is 4.79 Å². The van der Waals surface area contributed by atoms with Crippen LogP contribution in [0.25, 0.3) is 16.8 Å². The molecule has 1 aliphatic rings. The van der Waals surface area contributed by atoms with Crippen molar-refractivity contribution >= 4 is 78.9 Å². The molecule has 1 amide bonds. The van der Waals surface area contributed by atoms with Crippen molar-refractivity contribution in [3.05, 3.63) is 104 Å². The summed E-state index contributed by atoms with van der Waals surface area (Å²) in [5.41, 5.74) is 1.82. The molecule has 0 spiro atoms. The van der Waals surface area contributed by atoms with Crippen LogP contribution in [0.5, 0.6) is 11.5 Å². The number of hydrogen-bond acceptors (Lipinski definition) is 6. The lowest BCUT2D eigenvalue weighted by Crippen LogP contribution is -2.19. The molecule has 0 atom stereocenters. The van der Waals surface area contributed by atoms with Crippen molar-refractivity contribution in [3.8, 4) is 11.5 Å². The van der Waals surface area contributed by atoms with Crippen LogP contribution >= 0.6 is 39.3 Å². The van der Waals surface area contributed by atoms with E-state index in [9.17, 15) is 9.59 Å². The number of rotatable bonds is 6. The summed E-state index contributed by atoms with van der Waals surface area (Å²) in [6.07, 6.45) is 1.73. The minimum absolute atomic E-state index is 0.261. The maximum atomic E-state index is 13.2. The van der Waals surface area contributed by atoms with Crippen LogP contribution in [0.4, 0.5) is 5.69 Å². The predicted octanol–water partition coefficient (Wildman–Crippen LogP) is 7.77. The van der Waals surface area contributed by atoms with Crippen molar-refractivity contribution in [3.63, 3.8) is 0 Å². The second-order valence-corrected chi connectivity index (χ2v) is 10.5. The quantitative estimate of drug-likeness (QED) is 0.138. The SMILES string of the molecule is CCOc1cc(/C=C2\SC(=Nc3ccc(Cl)cc3)NC2=O)cc(Br)c1OC(=O)c1cccc2ccccc12. The van der Waals surface area contributed by atoms with Crippen molar-refractivity contribution < 1.29 is 19.1 Å². The van der Waals surface area contributed by atoms with Crippen molar-refractivity contribution in [2.24, 2.45) is 4.99 Å². The van der Waals surface area contributed by atoms with Gasteiger partial charge in [0, 0.05) is 5.02 Å². The first-order chi connectivity index (χ1) is 18.4. The largest absolute Gasteiger partial charge is 0.490 e. The second kappa shape index (κ2) is 11.4. The van der Waals surface area contributed by atoms with Gasteiger partial charge in [0.05, 0.1) is 27.2 Å². The molecule has 0 bridgehead atoms. The van der Waals surface area contributed by atoms with Gasteiger partial charge in [-0.3, -0.25) is 4.79 Å². The van der Waals surface area contributed by atoms with E-state index in [0.717, 1.165) is 10.8 Å². The number of nitrogens with zero attached hydrogens (tertiary/aromatic N) is 1. The summed E-state index contributed by atoms with van der Waals surface area (Å²) >= 11 is 10.7. The molecule has 1 saturated heterocycles. The third-order valence-corrected chi connectivity index (χ3v) is 7.29. The van der Waals surface area contributed by atoms with E-state index in [1.54, 1.807) is 48.5 Å². The highest BCUT2D eigenvalue weighted by Crippen LogP contribution is 2.39. The molecule has 0 radical (unpaired) electrons. The third kappa shape index (κ3) is 5.78. The first-order valence-corrected chi connectivity index (χ1v) is 13.6. The molecule has 4 aromatic carbocycles. The van der Waals surface area contributed by atoms with Crippen molar-refractivity contribution in [1.29, 1.82) is 0 Å². The lowest BCUT2D eigenvalue weighted by Gasteiger charge is -2.14. The fourth-order valence-electron chi connectivity index (χ4n) is 3.85. The normalized spacial score (nSPS) is 15.2. The maximum absolute atomic E-state index is 13.2. The molecule has 0 unspecified atom stereocenters. The molecule has 38 heavy (non-hydrogen) atoms. The number of fused-ring (bicyclic) bond motifs is 1. The van der Waals surface area contributed by atoms with Crippen LogP contribution < -0.4 is 14.8 Å². The van der Waals surface area contributed by atoms with Gasteiger partial charge in [0.15, 0.2) is 16.7 Å². The summed E-state index contributed by atoms with van der Waals surface area (Å²) in [5, 5.41) is 5.59. The van der Waals surface area contributed by atoms with Crippen molar-refractivity contribution in [2.45, 2.75) is 6.92 Å². The van der Waals surface area contributed by atoms with Gasteiger partial charge in [-0.05, 0) is 99.5 Å². The summed E-state index contributed by atoms with van der Waals surface area (Å²) in [4.78, 5) is 30.7. The van der Waals surface area contributed by atoms with Crippen LogP contribution in [0.15, 0.2) is 93.2 Å². The molecule has 0 aromatic heterocycles. The molecule has 0 saturated carbocycles. The van der Waals surface area contributed by atoms with E-state index in [1.807, 2.05) is 43.3 Å². The number of hydrogen-bond donors (Lipinski definition) is 1. The molecule has 0 aliphatic carbocycles. The molecule has 6 nitrogen and oxygen atoms in total. The van der Waals surface area contributed by atoms with Gasteiger partial charge in [0.25, 0.3) is 5.91 Å². The van der Waals surface area contributed by atoms with E-state index in [4.69, 9.17) is 21.1 Å². The average molecular weight is 608 g/mol. The van der Waals surface area contributed by atoms with Gasteiger partial charge in [-0.1, -0.05) is 48.0 Å². The molecule has 190 valence electrons. The molecule has 5 rings (SSSR count). The van der Waals surface area contributed by atoms with E-state index in [-0.39, 0.29) is 11.7 Å². The molecular formula is C29H20BrClN2O4S. The van der Waals surface area contributed by atoms with Gasteiger partial charge in [-0.2, -0.15) is 0 Å². The summed E-state index contributed by atoms with van der Waals surface area (Å²) < 4.78 is 12.1. The minimum Gasteiger partial charge on any atom is -0.490 e. The molecule has 1 N–H and O–H groups in total. The highest BCUT2D eigenvalue weighted by Gasteiger charge is 2.25. The number of carbonyl (C=O) groups excluding carboxylic acids is 2. The van der Waals surface area contributed by atoms with Crippen LogP contribution in [0.1, 0.15) is 22.8 Å². The van der Waals surface area contributed by atoms with Gasteiger partial charge < -0.3 is 14.8 Å². The topological polar surface area (TPSA) is 77.0 Å².